The largest absolute Gasteiger partial charge is 0.385 e. The number of halogens is 1. The number of methoxy groups -OCH3 is 1. The number of nitro groups is 1. The highest BCUT2D eigenvalue weighted by atomic mass is 19.1. The van der Waals surface area contributed by atoms with Crippen molar-refractivity contribution in [1.29, 1.82) is 0 Å². The first-order valence-electron chi connectivity index (χ1n) is 5.27. The number of hydrogen-bond acceptors (Lipinski definition) is 4. The molecule has 0 saturated heterocycles. The van der Waals surface area contributed by atoms with Crippen molar-refractivity contribution >= 4 is 17.3 Å². The molecule has 7 heteroatoms. The van der Waals surface area contributed by atoms with E-state index in [-0.39, 0.29) is 23.7 Å². The topological polar surface area (TPSA) is 81.5 Å². The highest BCUT2D eigenvalue weighted by molar-refractivity contribution is 5.90. The van der Waals surface area contributed by atoms with Gasteiger partial charge in [-0.15, -0.1) is 0 Å². The number of nitro benzene ring substituents is 1. The summed E-state index contributed by atoms with van der Waals surface area (Å²) >= 11 is 0. The van der Waals surface area contributed by atoms with Crippen molar-refractivity contribution in [2.45, 2.75) is 12.8 Å². The molecule has 0 aliphatic heterocycles. The van der Waals surface area contributed by atoms with E-state index in [4.69, 9.17) is 4.74 Å². The molecule has 1 N–H and O–H groups in total. The van der Waals surface area contributed by atoms with E-state index in [1.807, 2.05) is 0 Å². The van der Waals surface area contributed by atoms with Crippen molar-refractivity contribution in [3.63, 3.8) is 0 Å². The van der Waals surface area contributed by atoms with Gasteiger partial charge in [-0.3, -0.25) is 14.9 Å². The number of nitrogens with zero attached hydrogens (tertiary/aromatic N) is 1. The van der Waals surface area contributed by atoms with Crippen molar-refractivity contribution < 1.29 is 18.8 Å². The zero-order valence-electron chi connectivity index (χ0n) is 9.81. The Balaban J connectivity index is 2.62. The molecule has 0 saturated carbocycles. The Morgan fingerprint density at radius 1 is 1.56 bits per heavy atom. The van der Waals surface area contributed by atoms with E-state index in [0.29, 0.717) is 13.0 Å². The first-order chi connectivity index (χ1) is 8.54. The minimum absolute atomic E-state index is 0.0667. The second-order valence-electron chi connectivity index (χ2n) is 3.57. The summed E-state index contributed by atoms with van der Waals surface area (Å²) in [7, 11) is 1.52. The molecule has 0 heterocycles. The molecule has 0 atom stereocenters. The first kappa shape index (κ1) is 14.0. The maximum Gasteiger partial charge on any atom is 0.272 e. The van der Waals surface area contributed by atoms with Gasteiger partial charge in [-0.2, -0.15) is 0 Å². The van der Waals surface area contributed by atoms with Crippen LogP contribution >= 0.6 is 0 Å². The van der Waals surface area contributed by atoms with Gasteiger partial charge in [-0.05, 0) is 12.5 Å². The third kappa shape index (κ3) is 4.10. The van der Waals surface area contributed by atoms with Crippen LogP contribution in [-0.4, -0.2) is 24.5 Å². The van der Waals surface area contributed by atoms with Crippen LogP contribution in [0.2, 0.25) is 0 Å². The van der Waals surface area contributed by atoms with E-state index < -0.39 is 10.7 Å². The quantitative estimate of drug-likeness (QED) is 0.480. The second kappa shape index (κ2) is 6.65. The van der Waals surface area contributed by atoms with Crippen LogP contribution in [0.4, 0.5) is 15.8 Å². The monoisotopic (exact) mass is 256 g/mol. The predicted octanol–water partition coefficient (Wildman–Crippen LogP) is 2.10. The Kier molecular flexibility index (Phi) is 5.19. The molecule has 0 fully saturated rings. The number of nitrogens with one attached hydrogen (secondary N) is 1. The number of carbonyl (C=O) groups excluding carboxylic acids is 1. The lowest BCUT2D eigenvalue weighted by Crippen LogP contribution is -2.13. The molecule has 0 aliphatic carbocycles. The van der Waals surface area contributed by atoms with E-state index in [9.17, 15) is 19.3 Å². The smallest absolute Gasteiger partial charge is 0.272 e. The summed E-state index contributed by atoms with van der Waals surface area (Å²) in [4.78, 5) is 21.1. The van der Waals surface area contributed by atoms with Gasteiger partial charge in [-0.1, -0.05) is 0 Å². The summed E-state index contributed by atoms with van der Waals surface area (Å²) in [6, 6.07) is 3.07. The number of benzene rings is 1. The van der Waals surface area contributed by atoms with E-state index in [1.54, 1.807) is 0 Å². The van der Waals surface area contributed by atoms with E-state index in [1.165, 1.54) is 13.2 Å². The Bertz CT molecular complexity index is 451. The van der Waals surface area contributed by atoms with E-state index >= 15 is 0 Å². The van der Waals surface area contributed by atoms with Crippen LogP contribution < -0.4 is 5.32 Å². The third-order valence-corrected chi connectivity index (χ3v) is 2.19. The Morgan fingerprint density at radius 2 is 2.28 bits per heavy atom. The molecule has 1 rings (SSSR count). The molecule has 0 unspecified atom stereocenters. The third-order valence-electron chi connectivity index (χ3n) is 2.19. The predicted molar refractivity (Wildman–Crippen MR) is 62.8 cm³/mol. The molecule has 1 aromatic carbocycles. The van der Waals surface area contributed by atoms with Crippen LogP contribution in [0, 0.1) is 15.9 Å². The lowest BCUT2D eigenvalue weighted by molar-refractivity contribution is -0.385. The fourth-order valence-electron chi connectivity index (χ4n) is 1.31. The summed E-state index contributed by atoms with van der Waals surface area (Å²) in [6.45, 7) is 0.441. The molecule has 98 valence electrons. The van der Waals surface area contributed by atoms with Gasteiger partial charge >= 0.3 is 0 Å². The van der Waals surface area contributed by atoms with Crippen LogP contribution in [0.5, 0.6) is 0 Å². The molecule has 0 aromatic heterocycles. The van der Waals surface area contributed by atoms with Crippen molar-refractivity contribution in [2.75, 3.05) is 19.0 Å². The Labute approximate surface area is 103 Å². The zero-order chi connectivity index (χ0) is 13.5. The SMILES string of the molecule is COCCCC(=O)Nc1ccc([N+](=O)[O-])cc1F. The number of hydrogen-bond donors (Lipinski definition) is 1. The van der Waals surface area contributed by atoms with Gasteiger partial charge in [0.15, 0.2) is 5.82 Å². The fourth-order valence-corrected chi connectivity index (χ4v) is 1.31. The fraction of sp³-hybridized carbons (Fsp3) is 0.364. The maximum absolute atomic E-state index is 13.4. The zero-order valence-corrected chi connectivity index (χ0v) is 9.81. The van der Waals surface area contributed by atoms with Gasteiger partial charge in [0.05, 0.1) is 16.7 Å². The van der Waals surface area contributed by atoms with Crippen LogP contribution in [0.3, 0.4) is 0 Å². The van der Waals surface area contributed by atoms with Gasteiger partial charge in [0.25, 0.3) is 5.69 Å². The molecule has 1 amide bonds. The van der Waals surface area contributed by atoms with Crippen LogP contribution in [-0.2, 0) is 9.53 Å². The van der Waals surface area contributed by atoms with Crippen molar-refractivity contribution in [3.05, 3.63) is 34.1 Å². The minimum Gasteiger partial charge on any atom is -0.385 e. The first-order valence-corrected chi connectivity index (χ1v) is 5.27. The number of rotatable bonds is 6. The Hall–Kier alpha value is -2.02. The molecular weight excluding hydrogens is 243 g/mol. The van der Waals surface area contributed by atoms with E-state index in [0.717, 1.165) is 12.1 Å². The number of amides is 1. The van der Waals surface area contributed by atoms with Gasteiger partial charge in [0, 0.05) is 26.2 Å². The van der Waals surface area contributed by atoms with Crippen molar-refractivity contribution in [2.24, 2.45) is 0 Å². The van der Waals surface area contributed by atoms with Gasteiger partial charge in [-0.25, -0.2) is 4.39 Å². The molecule has 18 heavy (non-hydrogen) atoms. The van der Waals surface area contributed by atoms with Gasteiger partial charge in [0.2, 0.25) is 5.91 Å². The summed E-state index contributed by atoms with van der Waals surface area (Å²) in [5, 5.41) is 12.7. The standard InChI is InChI=1S/C11H13FN2O4/c1-18-6-2-3-11(15)13-10-5-4-8(14(16)17)7-9(10)12/h4-5,7H,2-3,6H2,1H3,(H,13,15). The van der Waals surface area contributed by atoms with Crippen LogP contribution in [0.15, 0.2) is 18.2 Å². The number of non-ortho nitro benzene ring substituents is 1. The average molecular weight is 256 g/mol. The molecule has 0 aliphatic rings. The molecule has 1 aromatic rings. The highest BCUT2D eigenvalue weighted by Gasteiger charge is 2.12. The summed E-state index contributed by atoms with van der Waals surface area (Å²) in [5.41, 5.74) is -0.423. The highest BCUT2D eigenvalue weighted by Crippen LogP contribution is 2.20. The number of anilines is 1. The molecular formula is C11H13FN2O4. The molecule has 0 spiro atoms. The number of ether oxygens (including phenoxy) is 1. The summed E-state index contributed by atoms with van der Waals surface area (Å²) in [5.74, 6) is -1.19. The summed E-state index contributed by atoms with van der Waals surface area (Å²) in [6.07, 6.45) is 0.723. The van der Waals surface area contributed by atoms with Gasteiger partial charge in [0.1, 0.15) is 0 Å². The summed E-state index contributed by atoms with van der Waals surface area (Å²) < 4.78 is 18.2. The lowest BCUT2D eigenvalue weighted by atomic mass is 10.2. The number of carbonyl (C=O) groups is 1. The molecule has 0 radical (unpaired) electrons. The van der Waals surface area contributed by atoms with E-state index in [2.05, 4.69) is 5.32 Å². The minimum atomic E-state index is -0.829. The lowest BCUT2D eigenvalue weighted by Gasteiger charge is -2.05. The normalized spacial score (nSPS) is 10.1. The molecule has 0 bridgehead atoms. The van der Waals surface area contributed by atoms with Gasteiger partial charge < -0.3 is 10.1 Å². The van der Waals surface area contributed by atoms with Crippen LogP contribution in [0.1, 0.15) is 12.8 Å². The Morgan fingerprint density at radius 3 is 2.83 bits per heavy atom. The van der Waals surface area contributed by atoms with Crippen LogP contribution in [0.25, 0.3) is 0 Å². The molecule has 6 nitrogen and oxygen atoms in total. The average Bonchev–Trinajstić information content (AvgIpc) is 2.32. The van der Waals surface area contributed by atoms with Crippen molar-refractivity contribution in [3.8, 4) is 0 Å². The van der Waals surface area contributed by atoms with Crippen molar-refractivity contribution in [1.82, 2.24) is 0 Å². The maximum atomic E-state index is 13.4. The second-order valence-corrected chi connectivity index (χ2v) is 3.57.